The lowest BCUT2D eigenvalue weighted by Crippen LogP contribution is -1.95. The van der Waals surface area contributed by atoms with Gasteiger partial charge in [0, 0.05) is 10.6 Å². The number of halogens is 1. The van der Waals surface area contributed by atoms with E-state index in [0.29, 0.717) is 16.6 Å². The third kappa shape index (κ3) is 2.17. The molecule has 0 aliphatic carbocycles. The maximum atomic E-state index is 10.9. The molecule has 88 valence electrons. The molecule has 5 heteroatoms. The molecule has 0 atom stereocenters. The summed E-state index contributed by atoms with van der Waals surface area (Å²) >= 11 is 5.85. The van der Waals surface area contributed by atoms with Crippen LogP contribution < -0.4 is 0 Å². The minimum Gasteiger partial charge on any atom is -0.475 e. The molecule has 0 saturated heterocycles. The smallest absolute Gasteiger partial charge is 0.373 e. The Morgan fingerprint density at radius 1 is 1.41 bits per heavy atom. The number of oxazole rings is 1. The Hall–Kier alpha value is -1.81. The summed E-state index contributed by atoms with van der Waals surface area (Å²) in [6.07, 6.45) is 0. The van der Waals surface area contributed by atoms with Gasteiger partial charge in [-0.3, -0.25) is 0 Å². The van der Waals surface area contributed by atoms with Crippen molar-refractivity contribution in [3.8, 4) is 11.5 Å². The zero-order chi connectivity index (χ0) is 12.6. The molecule has 1 N–H and O–H groups in total. The van der Waals surface area contributed by atoms with E-state index in [-0.39, 0.29) is 5.76 Å². The molecule has 0 aliphatic heterocycles. The predicted octanol–water partition coefficient (Wildman–Crippen LogP) is 3.31. The predicted molar refractivity (Wildman–Crippen MR) is 63.4 cm³/mol. The number of nitrogens with zero attached hydrogens (tertiary/aromatic N) is 1. The van der Waals surface area contributed by atoms with Crippen molar-refractivity contribution >= 4 is 17.6 Å². The normalized spacial score (nSPS) is 10.5. The van der Waals surface area contributed by atoms with Crippen LogP contribution in [0.5, 0.6) is 0 Å². The molecular formula is C12H10ClNO3. The van der Waals surface area contributed by atoms with Crippen LogP contribution in [0, 0.1) is 13.8 Å². The van der Waals surface area contributed by atoms with Crippen LogP contribution in [0.3, 0.4) is 0 Å². The van der Waals surface area contributed by atoms with E-state index in [2.05, 4.69) is 4.98 Å². The van der Waals surface area contributed by atoms with E-state index in [9.17, 15) is 4.79 Å². The fraction of sp³-hybridized carbons (Fsp3) is 0.167. The van der Waals surface area contributed by atoms with E-state index in [0.717, 1.165) is 11.1 Å². The molecule has 17 heavy (non-hydrogen) atoms. The zero-order valence-corrected chi connectivity index (χ0v) is 10.1. The van der Waals surface area contributed by atoms with Crippen LogP contribution in [-0.4, -0.2) is 16.1 Å². The Morgan fingerprint density at radius 2 is 2.12 bits per heavy atom. The number of aromatic nitrogens is 1. The molecule has 0 bridgehead atoms. The number of hydrogen-bond donors (Lipinski definition) is 1. The Bertz CT molecular complexity index is 589. The summed E-state index contributed by atoms with van der Waals surface area (Å²) in [5.41, 5.74) is 1.99. The number of rotatable bonds is 2. The number of benzene rings is 1. The van der Waals surface area contributed by atoms with Crippen LogP contribution in [0.2, 0.25) is 5.02 Å². The van der Waals surface area contributed by atoms with E-state index < -0.39 is 5.97 Å². The highest BCUT2D eigenvalue weighted by molar-refractivity contribution is 6.30. The first-order valence-electron chi connectivity index (χ1n) is 4.96. The SMILES string of the molecule is Cc1cc(Cl)ccc1-c1nc(C)c(C(=O)O)o1. The van der Waals surface area contributed by atoms with Gasteiger partial charge < -0.3 is 9.52 Å². The van der Waals surface area contributed by atoms with Gasteiger partial charge in [0.1, 0.15) is 0 Å². The van der Waals surface area contributed by atoms with Crippen molar-refractivity contribution in [1.29, 1.82) is 0 Å². The number of hydrogen-bond acceptors (Lipinski definition) is 3. The Balaban J connectivity index is 2.53. The van der Waals surface area contributed by atoms with E-state index in [1.54, 1.807) is 25.1 Å². The number of carboxylic acid groups (broad SMARTS) is 1. The Kier molecular flexibility index (Phi) is 2.90. The first-order chi connectivity index (χ1) is 7.99. The van der Waals surface area contributed by atoms with Gasteiger partial charge in [0.25, 0.3) is 0 Å². The van der Waals surface area contributed by atoms with E-state index in [1.807, 2.05) is 6.92 Å². The van der Waals surface area contributed by atoms with Gasteiger partial charge in [0.05, 0.1) is 5.69 Å². The topological polar surface area (TPSA) is 63.3 Å². The second-order valence-corrected chi connectivity index (χ2v) is 4.13. The summed E-state index contributed by atoms with van der Waals surface area (Å²) in [4.78, 5) is 15.0. The molecule has 1 aromatic carbocycles. The Morgan fingerprint density at radius 3 is 2.65 bits per heavy atom. The highest BCUT2D eigenvalue weighted by Gasteiger charge is 2.18. The average Bonchev–Trinajstić information content (AvgIpc) is 2.60. The van der Waals surface area contributed by atoms with Crippen LogP contribution in [0.15, 0.2) is 22.6 Å². The van der Waals surface area contributed by atoms with Gasteiger partial charge in [0.15, 0.2) is 0 Å². The molecule has 0 saturated carbocycles. The molecule has 0 amide bonds. The van der Waals surface area contributed by atoms with Crippen molar-refractivity contribution in [2.45, 2.75) is 13.8 Å². The molecule has 1 aromatic heterocycles. The van der Waals surface area contributed by atoms with Crippen molar-refractivity contribution in [1.82, 2.24) is 4.98 Å². The molecule has 2 aromatic rings. The van der Waals surface area contributed by atoms with Crippen LogP contribution in [0.25, 0.3) is 11.5 Å². The standard InChI is InChI=1S/C12H10ClNO3/c1-6-5-8(13)3-4-9(6)11-14-7(2)10(17-11)12(15)16/h3-5H,1-2H3,(H,15,16). The van der Waals surface area contributed by atoms with Crippen LogP contribution in [0.4, 0.5) is 0 Å². The van der Waals surface area contributed by atoms with Crippen molar-refractivity contribution in [3.05, 3.63) is 40.2 Å². The fourth-order valence-corrected chi connectivity index (χ4v) is 1.80. The second kappa shape index (κ2) is 4.22. The summed E-state index contributed by atoms with van der Waals surface area (Å²) in [6, 6.07) is 5.25. The minimum atomic E-state index is -1.12. The third-order valence-corrected chi connectivity index (χ3v) is 2.64. The Labute approximate surface area is 103 Å². The van der Waals surface area contributed by atoms with Crippen LogP contribution in [0.1, 0.15) is 21.8 Å². The third-order valence-electron chi connectivity index (χ3n) is 2.41. The number of aromatic carboxylic acids is 1. The molecule has 0 unspecified atom stereocenters. The molecular weight excluding hydrogens is 242 g/mol. The van der Waals surface area contributed by atoms with Gasteiger partial charge in [-0.05, 0) is 37.6 Å². The lowest BCUT2D eigenvalue weighted by Gasteiger charge is -2.01. The van der Waals surface area contributed by atoms with Crippen molar-refractivity contribution in [2.24, 2.45) is 0 Å². The zero-order valence-electron chi connectivity index (χ0n) is 9.32. The summed E-state index contributed by atoms with van der Waals surface area (Å²) < 4.78 is 5.23. The summed E-state index contributed by atoms with van der Waals surface area (Å²) in [5, 5.41) is 9.50. The maximum absolute atomic E-state index is 10.9. The second-order valence-electron chi connectivity index (χ2n) is 3.70. The highest BCUT2D eigenvalue weighted by atomic mass is 35.5. The number of carbonyl (C=O) groups is 1. The van der Waals surface area contributed by atoms with Gasteiger partial charge in [-0.25, -0.2) is 9.78 Å². The monoisotopic (exact) mass is 251 g/mol. The average molecular weight is 252 g/mol. The molecule has 0 aliphatic rings. The quantitative estimate of drug-likeness (QED) is 0.889. The molecule has 2 rings (SSSR count). The largest absolute Gasteiger partial charge is 0.475 e. The van der Waals surface area contributed by atoms with Crippen molar-refractivity contribution < 1.29 is 14.3 Å². The fourth-order valence-electron chi connectivity index (χ4n) is 1.58. The minimum absolute atomic E-state index is 0.130. The summed E-state index contributed by atoms with van der Waals surface area (Å²) in [7, 11) is 0. The van der Waals surface area contributed by atoms with E-state index in [4.69, 9.17) is 21.1 Å². The maximum Gasteiger partial charge on any atom is 0.373 e. The molecule has 0 fully saturated rings. The molecule has 1 heterocycles. The lowest BCUT2D eigenvalue weighted by atomic mass is 10.1. The first-order valence-corrected chi connectivity index (χ1v) is 5.34. The molecule has 0 spiro atoms. The van der Waals surface area contributed by atoms with Gasteiger partial charge in [-0.2, -0.15) is 0 Å². The van der Waals surface area contributed by atoms with Crippen molar-refractivity contribution in [3.63, 3.8) is 0 Å². The van der Waals surface area contributed by atoms with Gasteiger partial charge in [0.2, 0.25) is 11.7 Å². The summed E-state index contributed by atoms with van der Waals surface area (Å²) in [5.74, 6) is -0.948. The first kappa shape index (κ1) is 11.7. The summed E-state index contributed by atoms with van der Waals surface area (Å²) in [6.45, 7) is 3.46. The van der Waals surface area contributed by atoms with Gasteiger partial charge in [-0.15, -0.1) is 0 Å². The number of aryl methyl sites for hydroxylation is 2. The van der Waals surface area contributed by atoms with Gasteiger partial charge >= 0.3 is 5.97 Å². The van der Waals surface area contributed by atoms with Crippen molar-refractivity contribution in [2.75, 3.05) is 0 Å². The van der Waals surface area contributed by atoms with Gasteiger partial charge in [-0.1, -0.05) is 11.6 Å². The van der Waals surface area contributed by atoms with E-state index in [1.165, 1.54) is 0 Å². The molecule has 4 nitrogen and oxygen atoms in total. The number of carboxylic acids is 1. The van der Waals surface area contributed by atoms with Crippen LogP contribution >= 0.6 is 11.6 Å². The van der Waals surface area contributed by atoms with Crippen LogP contribution in [-0.2, 0) is 0 Å². The lowest BCUT2D eigenvalue weighted by molar-refractivity contribution is 0.0662. The highest BCUT2D eigenvalue weighted by Crippen LogP contribution is 2.27. The molecule has 0 radical (unpaired) electrons. The van der Waals surface area contributed by atoms with E-state index >= 15 is 0 Å².